The molecular formula is C59H65BN2. The van der Waals surface area contributed by atoms with E-state index < -0.39 is 0 Å². The topological polar surface area (TPSA) is 8.17 Å². The van der Waals surface area contributed by atoms with Crippen molar-refractivity contribution in [2.45, 2.75) is 149 Å². The Hall–Kier alpha value is -5.02. The van der Waals surface area contributed by atoms with Crippen LogP contribution in [0.2, 0.25) is 0 Å². The van der Waals surface area contributed by atoms with Crippen molar-refractivity contribution < 1.29 is 0 Å². The Bertz CT molecular complexity index is 3090. The van der Waals surface area contributed by atoms with E-state index in [4.69, 9.17) is 0 Å². The van der Waals surface area contributed by atoms with Crippen LogP contribution in [0.3, 0.4) is 0 Å². The summed E-state index contributed by atoms with van der Waals surface area (Å²) in [4.78, 5) is 2.74. The molecule has 0 N–H and O–H groups in total. The molecule has 0 fully saturated rings. The normalized spacial score (nSPS) is 17.8. The van der Waals surface area contributed by atoms with E-state index >= 15 is 0 Å². The van der Waals surface area contributed by atoms with Gasteiger partial charge in [-0.3, -0.25) is 0 Å². The molecule has 0 radical (unpaired) electrons. The van der Waals surface area contributed by atoms with Crippen LogP contribution >= 0.6 is 0 Å². The summed E-state index contributed by atoms with van der Waals surface area (Å²) in [6.45, 7) is 36.1. The van der Waals surface area contributed by atoms with Gasteiger partial charge in [0.1, 0.15) is 0 Å². The quantitative estimate of drug-likeness (QED) is 0.150. The highest BCUT2D eigenvalue weighted by molar-refractivity contribution is 6.94. The molecule has 0 saturated heterocycles. The van der Waals surface area contributed by atoms with Crippen LogP contribution in [0.5, 0.6) is 0 Å². The smallest absolute Gasteiger partial charge is 0.333 e. The summed E-state index contributed by atoms with van der Waals surface area (Å²) in [7, 11) is 0. The number of fused-ring (bicyclic) bond motifs is 14. The molecular weight excluding hydrogens is 747 g/mol. The van der Waals surface area contributed by atoms with Crippen LogP contribution in [0.15, 0.2) is 97.1 Å². The molecule has 3 heterocycles. The van der Waals surface area contributed by atoms with E-state index in [1.54, 1.807) is 0 Å². The van der Waals surface area contributed by atoms with Gasteiger partial charge < -0.3 is 9.38 Å². The maximum atomic E-state index is 2.74. The molecule has 2 aliphatic heterocycles. The monoisotopic (exact) mass is 813 g/mol. The van der Waals surface area contributed by atoms with Gasteiger partial charge in [0, 0.05) is 38.8 Å². The first-order valence-corrected chi connectivity index (χ1v) is 23.4. The first kappa shape index (κ1) is 39.8. The molecule has 1 aromatic heterocycles. The molecule has 0 atom stereocenters. The van der Waals surface area contributed by atoms with Crippen molar-refractivity contribution >= 4 is 51.0 Å². The molecule has 4 aliphatic rings. The molecule has 2 nitrogen and oxygen atoms in total. The minimum Gasteiger partial charge on any atom is -0.376 e. The van der Waals surface area contributed by atoms with Crippen LogP contribution in [-0.4, -0.2) is 11.4 Å². The Morgan fingerprint density at radius 2 is 1.10 bits per heavy atom. The lowest BCUT2D eigenvalue weighted by molar-refractivity contribution is 0.332. The first-order chi connectivity index (χ1) is 28.9. The maximum Gasteiger partial charge on any atom is 0.333 e. The van der Waals surface area contributed by atoms with E-state index in [1.165, 1.54) is 124 Å². The first-order valence-electron chi connectivity index (χ1n) is 23.4. The number of benzene rings is 6. The van der Waals surface area contributed by atoms with Crippen molar-refractivity contribution in [2.75, 3.05) is 4.81 Å². The molecule has 2 aliphatic carbocycles. The Morgan fingerprint density at radius 1 is 0.532 bits per heavy atom. The molecule has 0 bridgehead atoms. The van der Waals surface area contributed by atoms with Crippen LogP contribution in [0, 0.1) is 0 Å². The van der Waals surface area contributed by atoms with Gasteiger partial charge in [-0.05, 0) is 149 Å². The molecule has 7 aromatic rings. The van der Waals surface area contributed by atoms with Gasteiger partial charge in [0.15, 0.2) is 0 Å². The minimum atomic E-state index is -0.223. The number of anilines is 2. The standard InChI is InChI=1S/C59H65BN2/c1-54(2,3)34-20-24-37(25-21-34)62-45-26-22-35(55(4,5)6)30-39(45)50-51-48(38-18-16-17-19-41(38)59(51,14)15)49-40-32-42-43(58(12,13)29-28-57(42,10)11)33-47(40)61-46-27-23-36(56(7,8)9)31-44(46)60(62)52(50)53(49)61/h16-27,30-33H,28-29H2,1-15H3. The predicted octanol–water partition coefficient (Wildman–Crippen LogP) is 14.6. The van der Waals surface area contributed by atoms with Crippen LogP contribution in [0.4, 0.5) is 11.4 Å². The van der Waals surface area contributed by atoms with Gasteiger partial charge in [0.25, 0.3) is 0 Å². The van der Waals surface area contributed by atoms with Crippen molar-refractivity contribution in [3.63, 3.8) is 0 Å². The molecule has 314 valence electrons. The maximum absolute atomic E-state index is 2.74. The summed E-state index contributed by atoms with van der Waals surface area (Å²) in [5, 5.41) is 2.83. The van der Waals surface area contributed by atoms with Gasteiger partial charge in [-0.1, -0.05) is 158 Å². The predicted molar refractivity (Wildman–Crippen MR) is 269 cm³/mol. The zero-order valence-corrected chi connectivity index (χ0v) is 40.1. The van der Waals surface area contributed by atoms with E-state index in [9.17, 15) is 0 Å². The summed E-state index contributed by atoms with van der Waals surface area (Å²) in [5.41, 5.74) is 25.1. The van der Waals surface area contributed by atoms with E-state index in [-0.39, 0.29) is 39.3 Å². The summed E-state index contributed by atoms with van der Waals surface area (Å²) in [6, 6.07) is 39.2. The fraction of sp³-hybridized carbons (Fsp3) is 0.390. The van der Waals surface area contributed by atoms with E-state index in [0.29, 0.717) is 0 Å². The largest absolute Gasteiger partial charge is 0.376 e. The zero-order valence-electron chi connectivity index (χ0n) is 40.1. The molecule has 0 spiro atoms. The second kappa shape index (κ2) is 12.2. The van der Waals surface area contributed by atoms with Crippen molar-refractivity contribution in [3.8, 4) is 27.9 Å². The van der Waals surface area contributed by atoms with E-state index in [0.717, 1.165) is 0 Å². The van der Waals surface area contributed by atoms with Crippen molar-refractivity contribution in [3.05, 3.63) is 136 Å². The molecule has 6 aromatic carbocycles. The van der Waals surface area contributed by atoms with Crippen molar-refractivity contribution in [2.24, 2.45) is 0 Å². The Balaban J connectivity index is 1.40. The highest BCUT2D eigenvalue weighted by Crippen LogP contribution is 2.60. The summed E-state index contributed by atoms with van der Waals surface area (Å²) in [6.07, 6.45) is 2.38. The fourth-order valence-corrected chi connectivity index (χ4v) is 12.3. The lowest BCUT2D eigenvalue weighted by Crippen LogP contribution is -2.61. The number of aromatic nitrogens is 1. The van der Waals surface area contributed by atoms with Crippen LogP contribution < -0.4 is 15.7 Å². The Kier molecular flexibility index (Phi) is 7.81. The molecule has 11 rings (SSSR count). The lowest BCUT2D eigenvalue weighted by atomic mass is 9.43. The summed E-state index contributed by atoms with van der Waals surface area (Å²) in [5.74, 6) is 0. The SMILES string of the molecule is CC(C)(C)c1ccc(N2B3c4cc(C(C)(C)C)ccc4-n4c5cc6c(cc5c5c7c(c(c3c54)-c3cc(C(C)(C)C)ccc32)C(C)(C)c2ccccc2-7)C(C)(C)CCC6(C)C)cc1. The lowest BCUT2D eigenvalue weighted by Gasteiger charge is -2.44. The number of hydrogen-bond acceptors (Lipinski definition) is 1. The van der Waals surface area contributed by atoms with Gasteiger partial charge in [-0.25, -0.2) is 0 Å². The highest BCUT2D eigenvalue weighted by Gasteiger charge is 2.51. The molecule has 3 heteroatoms. The van der Waals surface area contributed by atoms with Crippen molar-refractivity contribution in [1.29, 1.82) is 0 Å². The van der Waals surface area contributed by atoms with Gasteiger partial charge in [-0.2, -0.15) is 0 Å². The third-order valence-corrected chi connectivity index (χ3v) is 16.1. The Labute approximate surface area is 371 Å². The minimum absolute atomic E-state index is 0.0180. The second-order valence-corrected chi connectivity index (χ2v) is 24.5. The van der Waals surface area contributed by atoms with E-state index in [1.807, 2.05) is 0 Å². The molecule has 0 saturated carbocycles. The van der Waals surface area contributed by atoms with Gasteiger partial charge >= 0.3 is 6.85 Å². The van der Waals surface area contributed by atoms with Crippen LogP contribution in [-0.2, 0) is 32.5 Å². The molecule has 0 amide bonds. The van der Waals surface area contributed by atoms with Crippen LogP contribution in [0.25, 0.3) is 49.7 Å². The van der Waals surface area contributed by atoms with Crippen molar-refractivity contribution in [1.82, 2.24) is 4.57 Å². The third-order valence-electron chi connectivity index (χ3n) is 16.1. The van der Waals surface area contributed by atoms with E-state index in [2.05, 4.69) is 210 Å². The summed E-state index contributed by atoms with van der Waals surface area (Å²) < 4.78 is 2.74. The fourth-order valence-electron chi connectivity index (χ4n) is 12.3. The zero-order chi connectivity index (χ0) is 44.0. The molecule has 0 unspecified atom stereocenters. The average Bonchev–Trinajstić information content (AvgIpc) is 3.66. The van der Waals surface area contributed by atoms with Gasteiger partial charge in [0.05, 0.1) is 11.0 Å². The number of hydrogen-bond donors (Lipinski definition) is 0. The number of rotatable bonds is 1. The second-order valence-electron chi connectivity index (χ2n) is 24.5. The average molecular weight is 813 g/mol. The van der Waals surface area contributed by atoms with Gasteiger partial charge in [-0.15, -0.1) is 0 Å². The van der Waals surface area contributed by atoms with Gasteiger partial charge in [0.2, 0.25) is 0 Å². The third kappa shape index (κ3) is 5.23. The highest BCUT2D eigenvalue weighted by atomic mass is 15.1. The Morgan fingerprint density at radius 3 is 1.73 bits per heavy atom. The number of nitrogens with zero attached hydrogens (tertiary/aromatic N) is 2. The summed E-state index contributed by atoms with van der Waals surface area (Å²) >= 11 is 0. The van der Waals surface area contributed by atoms with Crippen LogP contribution in [0.1, 0.15) is 156 Å². The molecule has 62 heavy (non-hydrogen) atoms.